The first-order valence-electron chi connectivity index (χ1n) is 10.7. The summed E-state index contributed by atoms with van der Waals surface area (Å²) in [5, 5.41) is 6.03. The predicted molar refractivity (Wildman–Crippen MR) is 125 cm³/mol. The summed E-state index contributed by atoms with van der Waals surface area (Å²) < 4.78 is 10.9. The highest BCUT2D eigenvalue weighted by Crippen LogP contribution is 2.53. The number of ether oxygens (including phenoxy) is 2. The van der Waals surface area contributed by atoms with Gasteiger partial charge in [-0.25, -0.2) is 0 Å². The predicted octanol–water partition coefficient (Wildman–Crippen LogP) is 6.17. The molecule has 0 radical (unpaired) electrons. The standard InChI is InChI=1S/C27H27NO3/c1-27(2)14-19-24-18-8-6-5-7-16(18)9-11-20(24)28-26(25(19)21(29)15-27)17-10-12-22(30-3)23(13-17)31-4/h5-13,19,28H,14-15H2,1-4H3/t19-/m0/s1. The minimum Gasteiger partial charge on any atom is -0.493 e. The Morgan fingerprint density at radius 3 is 2.52 bits per heavy atom. The molecule has 1 aliphatic carbocycles. The van der Waals surface area contributed by atoms with Crippen LogP contribution in [-0.4, -0.2) is 20.0 Å². The largest absolute Gasteiger partial charge is 0.493 e. The Bertz CT molecular complexity index is 1240. The van der Waals surface area contributed by atoms with Crippen molar-refractivity contribution in [1.82, 2.24) is 0 Å². The van der Waals surface area contributed by atoms with Crippen molar-refractivity contribution < 1.29 is 14.3 Å². The van der Waals surface area contributed by atoms with E-state index in [4.69, 9.17) is 9.47 Å². The number of ketones is 1. The number of nitrogens with one attached hydrogen (secondary N) is 1. The third-order valence-corrected chi connectivity index (χ3v) is 6.57. The van der Waals surface area contributed by atoms with Crippen LogP contribution >= 0.6 is 0 Å². The van der Waals surface area contributed by atoms with Gasteiger partial charge in [0.2, 0.25) is 0 Å². The molecule has 3 aromatic carbocycles. The molecule has 1 heterocycles. The fourth-order valence-corrected chi connectivity index (χ4v) is 5.21. The van der Waals surface area contributed by atoms with Gasteiger partial charge in [0.1, 0.15) is 0 Å². The van der Waals surface area contributed by atoms with Gasteiger partial charge in [-0.1, -0.05) is 44.2 Å². The lowest BCUT2D eigenvalue weighted by Crippen LogP contribution is -2.34. The maximum atomic E-state index is 13.5. The SMILES string of the molecule is COc1ccc(C2=C3C(=O)CC(C)(C)C[C@H]3c3c(ccc4ccccc34)N2)cc1OC. The molecule has 0 bridgehead atoms. The average molecular weight is 414 g/mol. The highest BCUT2D eigenvalue weighted by Gasteiger charge is 2.42. The van der Waals surface area contributed by atoms with Crippen LogP contribution in [0.2, 0.25) is 0 Å². The number of allylic oxidation sites excluding steroid dienone is 1. The van der Waals surface area contributed by atoms with E-state index in [1.54, 1.807) is 14.2 Å². The fourth-order valence-electron chi connectivity index (χ4n) is 5.21. The van der Waals surface area contributed by atoms with E-state index in [1.807, 2.05) is 18.2 Å². The zero-order valence-electron chi connectivity index (χ0n) is 18.4. The molecule has 3 aromatic rings. The summed E-state index contributed by atoms with van der Waals surface area (Å²) in [7, 11) is 3.26. The van der Waals surface area contributed by atoms with Crippen molar-refractivity contribution in [2.24, 2.45) is 5.41 Å². The van der Waals surface area contributed by atoms with E-state index >= 15 is 0 Å². The van der Waals surface area contributed by atoms with Crippen LogP contribution in [0.5, 0.6) is 11.5 Å². The number of hydrogen-bond donors (Lipinski definition) is 1. The Labute approximate surface area is 182 Å². The molecule has 0 amide bonds. The van der Waals surface area contributed by atoms with Crippen LogP contribution < -0.4 is 14.8 Å². The highest BCUT2D eigenvalue weighted by atomic mass is 16.5. The Balaban J connectivity index is 1.76. The van der Waals surface area contributed by atoms with Gasteiger partial charge in [0.25, 0.3) is 0 Å². The van der Waals surface area contributed by atoms with Gasteiger partial charge in [-0.2, -0.15) is 0 Å². The van der Waals surface area contributed by atoms with E-state index < -0.39 is 0 Å². The zero-order valence-corrected chi connectivity index (χ0v) is 18.4. The first-order chi connectivity index (χ1) is 14.9. The molecule has 158 valence electrons. The number of carbonyl (C=O) groups excluding carboxylic acids is 1. The smallest absolute Gasteiger partial charge is 0.162 e. The van der Waals surface area contributed by atoms with E-state index in [1.165, 1.54) is 16.3 Å². The van der Waals surface area contributed by atoms with Crippen LogP contribution in [0.3, 0.4) is 0 Å². The van der Waals surface area contributed by atoms with Gasteiger partial charge < -0.3 is 14.8 Å². The lowest BCUT2D eigenvalue weighted by atomic mass is 9.64. The Morgan fingerprint density at radius 2 is 1.74 bits per heavy atom. The maximum absolute atomic E-state index is 13.5. The average Bonchev–Trinajstić information content (AvgIpc) is 2.76. The number of anilines is 1. The number of Topliss-reactive ketones (excluding diaryl/α,β-unsaturated/α-hetero) is 1. The van der Waals surface area contributed by atoms with Gasteiger partial charge in [0.15, 0.2) is 17.3 Å². The molecule has 4 heteroatoms. The molecule has 0 aromatic heterocycles. The molecule has 0 saturated heterocycles. The monoisotopic (exact) mass is 413 g/mol. The molecular formula is C27H27NO3. The van der Waals surface area contributed by atoms with Crippen molar-refractivity contribution in [2.45, 2.75) is 32.6 Å². The van der Waals surface area contributed by atoms with E-state index in [9.17, 15) is 4.79 Å². The lowest BCUT2D eigenvalue weighted by molar-refractivity contribution is -0.119. The zero-order chi connectivity index (χ0) is 21.8. The quantitative estimate of drug-likeness (QED) is 0.558. The second-order valence-corrected chi connectivity index (χ2v) is 9.25. The number of benzene rings is 3. The summed E-state index contributed by atoms with van der Waals surface area (Å²) >= 11 is 0. The third-order valence-electron chi connectivity index (χ3n) is 6.57. The maximum Gasteiger partial charge on any atom is 0.162 e. The van der Waals surface area contributed by atoms with Crippen LogP contribution in [0.15, 0.2) is 60.2 Å². The van der Waals surface area contributed by atoms with E-state index in [2.05, 4.69) is 55.6 Å². The van der Waals surface area contributed by atoms with Crippen molar-refractivity contribution in [3.8, 4) is 11.5 Å². The summed E-state index contributed by atoms with van der Waals surface area (Å²) in [5.74, 6) is 1.60. The first-order valence-corrected chi connectivity index (χ1v) is 10.7. The summed E-state index contributed by atoms with van der Waals surface area (Å²) in [5.41, 5.74) is 4.97. The van der Waals surface area contributed by atoms with Crippen LogP contribution in [0.1, 0.15) is 43.7 Å². The molecule has 1 N–H and O–H groups in total. The van der Waals surface area contributed by atoms with Crippen molar-refractivity contribution in [2.75, 3.05) is 19.5 Å². The number of methoxy groups -OCH3 is 2. The number of hydrogen-bond acceptors (Lipinski definition) is 4. The molecule has 1 atom stereocenters. The van der Waals surface area contributed by atoms with E-state index in [-0.39, 0.29) is 17.1 Å². The van der Waals surface area contributed by atoms with Crippen LogP contribution in [-0.2, 0) is 4.79 Å². The second-order valence-electron chi connectivity index (χ2n) is 9.25. The highest BCUT2D eigenvalue weighted by molar-refractivity contribution is 6.10. The Kier molecular flexibility index (Phi) is 4.54. The van der Waals surface area contributed by atoms with Gasteiger partial charge in [-0.05, 0) is 52.4 Å². The van der Waals surface area contributed by atoms with Gasteiger partial charge in [0, 0.05) is 29.2 Å². The number of fused-ring (bicyclic) bond motifs is 5. The molecule has 0 spiro atoms. The summed E-state index contributed by atoms with van der Waals surface area (Å²) in [6.07, 6.45) is 1.49. The fraction of sp³-hybridized carbons (Fsp3) is 0.296. The van der Waals surface area contributed by atoms with Gasteiger partial charge in [0.05, 0.1) is 19.9 Å². The summed E-state index contributed by atoms with van der Waals surface area (Å²) in [6, 6.07) is 18.6. The topological polar surface area (TPSA) is 47.6 Å². The first kappa shape index (κ1) is 19.7. The molecule has 5 rings (SSSR count). The third kappa shape index (κ3) is 3.18. The number of carbonyl (C=O) groups is 1. The van der Waals surface area contributed by atoms with Crippen molar-refractivity contribution >= 4 is 27.9 Å². The Hall–Kier alpha value is -3.27. The van der Waals surface area contributed by atoms with Crippen LogP contribution in [0, 0.1) is 5.41 Å². The van der Waals surface area contributed by atoms with Crippen LogP contribution in [0.4, 0.5) is 5.69 Å². The molecule has 0 unspecified atom stereocenters. The van der Waals surface area contributed by atoms with Gasteiger partial charge in [-0.15, -0.1) is 0 Å². The minimum absolute atomic E-state index is 0.0421. The molecule has 31 heavy (non-hydrogen) atoms. The molecule has 1 fully saturated rings. The summed E-state index contributed by atoms with van der Waals surface area (Å²) in [4.78, 5) is 13.5. The van der Waals surface area contributed by atoms with Crippen LogP contribution in [0.25, 0.3) is 16.5 Å². The van der Waals surface area contributed by atoms with Gasteiger partial charge >= 0.3 is 0 Å². The van der Waals surface area contributed by atoms with Crippen molar-refractivity contribution in [3.63, 3.8) is 0 Å². The van der Waals surface area contributed by atoms with E-state index in [0.29, 0.717) is 17.9 Å². The molecular weight excluding hydrogens is 386 g/mol. The summed E-state index contributed by atoms with van der Waals surface area (Å²) in [6.45, 7) is 4.40. The van der Waals surface area contributed by atoms with E-state index in [0.717, 1.165) is 28.9 Å². The Morgan fingerprint density at radius 1 is 0.968 bits per heavy atom. The molecule has 1 aliphatic heterocycles. The molecule has 4 nitrogen and oxygen atoms in total. The van der Waals surface area contributed by atoms with Crippen molar-refractivity contribution in [1.29, 1.82) is 0 Å². The minimum atomic E-state index is -0.0421. The lowest BCUT2D eigenvalue weighted by Gasteiger charge is -2.41. The molecule has 1 saturated carbocycles. The number of rotatable bonds is 3. The van der Waals surface area contributed by atoms with Gasteiger partial charge in [-0.3, -0.25) is 4.79 Å². The second kappa shape index (κ2) is 7.16. The van der Waals surface area contributed by atoms with Crippen molar-refractivity contribution in [3.05, 3.63) is 71.3 Å². The normalized spacial score (nSPS) is 19.5. The molecule has 2 aliphatic rings.